The Morgan fingerprint density at radius 1 is 1.30 bits per heavy atom. The molecule has 0 aliphatic heterocycles. The molecular formula is C15H15ClN2O2. The summed E-state index contributed by atoms with van der Waals surface area (Å²) in [4.78, 5) is 16.8. The first kappa shape index (κ1) is 14.3. The molecule has 0 saturated carbocycles. The molecule has 0 amide bonds. The first-order valence-corrected chi connectivity index (χ1v) is 6.64. The number of carboxylic acids is 1. The fourth-order valence-electron chi connectivity index (χ4n) is 1.95. The predicted octanol–water partition coefficient (Wildman–Crippen LogP) is 2.87. The molecule has 20 heavy (non-hydrogen) atoms. The molecule has 1 heterocycles. The van der Waals surface area contributed by atoms with E-state index < -0.39 is 5.97 Å². The summed E-state index contributed by atoms with van der Waals surface area (Å²) >= 11 is 5.96. The van der Waals surface area contributed by atoms with Crippen LogP contribution in [0.25, 0.3) is 0 Å². The van der Waals surface area contributed by atoms with Crippen LogP contribution in [0.4, 0.5) is 5.69 Å². The zero-order valence-electron chi connectivity index (χ0n) is 10.9. The van der Waals surface area contributed by atoms with E-state index in [1.54, 1.807) is 29.4 Å². The third kappa shape index (κ3) is 4.24. The predicted molar refractivity (Wildman–Crippen MR) is 79.2 cm³/mol. The second-order valence-electron chi connectivity index (χ2n) is 4.41. The second kappa shape index (κ2) is 6.91. The number of anilines is 1. The highest BCUT2D eigenvalue weighted by Gasteiger charge is 2.11. The fourth-order valence-corrected chi connectivity index (χ4v) is 2.13. The zero-order valence-corrected chi connectivity index (χ0v) is 11.6. The molecule has 104 valence electrons. The Kier molecular flexibility index (Phi) is 4.96. The van der Waals surface area contributed by atoms with E-state index in [9.17, 15) is 4.79 Å². The van der Waals surface area contributed by atoms with Gasteiger partial charge in [-0.25, -0.2) is 0 Å². The molecule has 0 fully saturated rings. The van der Waals surface area contributed by atoms with Crippen LogP contribution >= 0.6 is 11.6 Å². The van der Waals surface area contributed by atoms with Crippen LogP contribution in [0.2, 0.25) is 5.02 Å². The Bertz CT molecular complexity index is 575. The first-order chi connectivity index (χ1) is 9.65. The van der Waals surface area contributed by atoms with Crippen molar-refractivity contribution in [2.45, 2.75) is 6.42 Å². The average molecular weight is 291 g/mol. The molecule has 0 saturated heterocycles. The maximum absolute atomic E-state index is 11.0. The maximum Gasteiger partial charge on any atom is 0.323 e. The monoisotopic (exact) mass is 290 g/mol. The van der Waals surface area contributed by atoms with Crippen molar-refractivity contribution in [3.63, 3.8) is 0 Å². The SMILES string of the molecule is O=C(O)CN(CCc1cccnc1)c1cccc(Cl)c1. The minimum atomic E-state index is -0.865. The van der Waals surface area contributed by atoms with Gasteiger partial charge in [-0.1, -0.05) is 23.7 Å². The van der Waals surface area contributed by atoms with E-state index in [1.807, 2.05) is 24.3 Å². The lowest BCUT2D eigenvalue weighted by Crippen LogP contribution is -2.31. The number of nitrogens with zero attached hydrogens (tertiary/aromatic N) is 2. The Hall–Kier alpha value is -2.07. The Labute approximate surface area is 122 Å². The highest BCUT2D eigenvalue weighted by molar-refractivity contribution is 6.30. The number of carbonyl (C=O) groups is 1. The minimum absolute atomic E-state index is 0.0550. The van der Waals surface area contributed by atoms with Crippen LogP contribution in [0.3, 0.4) is 0 Å². The fraction of sp³-hybridized carbons (Fsp3) is 0.200. The molecule has 1 aromatic carbocycles. The van der Waals surface area contributed by atoms with E-state index in [1.165, 1.54) is 0 Å². The largest absolute Gasteiger partial charge is 0.480 e. The van der Waals surface area contributed by atoms with Gasteiger partial charge in [-0.15, -0.1) is 0 Å². The van der Waals surface area contributed by atoms with E-state index in [0.29, 0.717) is 11.6 Å². The topological polar surface area (TPSA) is 53.4 Å². The van der Waals surface area contributed by atoms with Gasteiger partial charge in [0.2, 0.25) is 0 Å². The first-order valence-electron chi connectivity index (χ1n) is 6.26. The highest BCUT2D eigenvalue weighted by atomic mass is 35.5. The van der Waals surface area contributed by atoms with Crippen molar-refractivity contribution in [2.75, 3.05) is 18.0 Å². The lowest BCUT2D eigenvalue weighted by Gasteiger charge is -2.23. The number of aliphatic carboxylic acids is 1. The van der Waals surface area contributed by atoms with Crippen LogP contribution in [0.1, 0.15) is 5.56 Å². The molecule has 5 heteroatoms. The highest BCUT2D eigenvalue weighted by Crippen LogP contribution is 2.19. The van der Waals surface area contributed by atoms with Crippen LogP contribution in [0.15, 0.2) is 48.8 Å². The Morgan fingerprint density at radius 2 is 2.15 bits per heavy atom. The summed E-state index contributed by atoms with van der Waals surface area (Å²) in [6, 6.07) is 11.1. The molecule has 1 N–H and O–H groups in total. The summed E-state index contributed by atoms with van der Waals surface area (Å²) < 4.78 is 0. The van der Waals surface area contributed by atoms with Crippen LogP contribution in [0, 0.1) is 0 Å². The molecule has 0 spiro atoms. The maximum atomic E-state index is 11.0. The smallest absolute Gasteiger partial charge is 0.323 e. The van der Waals surface area contributed by atoms with E-state index in [2.05, 4.69) is 4.98 Å². The van der Waals surface area contributed by atoms with Gasteiger partial charge in [-0.05, 0) is 36.2 Å². The van der Waals surface area contributed by atoms with Crippen molar-refractivity contribution in [1.29, 1.82) is 0 Å². The molecule has 0 aliphatic rings. The van der Waals surface area contributed by atoms with Gasteiger partial charge in [0, 0.05) is 29.6 Å². The number of rotatable bonds is 6. The van der Waals surface area contributed by atoms with Gasteiger partial charge in [-0.3, -0.25) is 9.78 Å². The van der Waals surface area contributed by atoms with Crippen LogP contribution in [-0.2, 0) is 11.2 Å². The summed E-state index contributed by atoms with van der Waals surface area (Å²) in [5, 5.41) is 9.62. The van der Waals surface area contributed by atoms with E-state index >= 15 is 0 Å². The average Bonchev–Trinajstić information content (AvgIpc) is 2.44. The van der Waals surface area contributed by atoms with Gasteiger partial charge in [0.1, 0.15) is 6.54 Å². The molecule has 0 bridgehead atoms. The lowest BCUT2D eigenvalue weighted by molar-refractivity contribution is -0.135. The molecule has 4 nitrogen and oxygen atoms in total. The van der Waals surface area contributed by atoms with Crippen molar-refractivity contribution in [1.82, 2.24) is 4.98 Å². The molecule has 0 unspecified atom stereocenters. The van der Waals surface area contributed by atoms with E-state index in [4.69, 9.17) is 16.7 Å². The third-order valence-electron chi connectivity index (χ3n) is 2.89. The lowest BCUT2D eigenvalue weighted by atomic mass is 10.2. The van der Waals surface area contributed by atoms with Crippen molar-refractivity contribution in [3.05, 3.63) is 59.4 Å². The van der Waals surface area contributed by atoms with Crippen molar-refractivity contribution in [2.24, 2.45) is 0 Å². The number of hydrogen-bond donors (Lipinski definition) is 1. The summed E-state index contributed by atoms with van der Waals surface area (Å²) in [6.07, 6.45) is 4.24. The number of halogens is 1. The summed E-state index contributed by atoms with van der Waals surface area (Å²) in [5.41, 5.74) is 1.88. The van der Waals surface area contributed by atoms with Crippen LogP contribution < -0.4 is 4.90 Å². The quantitative estimate of drug-likeness (QED) is 0.889. The van der Waals surface area contributed by atoms with Crippen molar-refractivity contribution < 1.29 is 9.90 Å². The summed E-state index contributed by atoms with van der Waals surface area (Å²) in [6.45, 7) is 0.541. The van der Waals surface area contributed by atoms with Crippen molar-refractivity contribution >= 4 is 23.3 Å². The number of hydrogen-bond acceptors (Lipinski definition) is 3. The number of pyridine rings is 1. The third-order valence-corrected chi connectivity index (χ3v) is 3.13. The molecule has 2 rings (SSSR count). The zero-order chi connectivity index (χ0) is 14.4. The summed E-state index contributed by atoms with van der Waals surface area (Å²) in [7, 11) is 0. The number of aromatic nitrogens is 1. The summed E-state index contributed by atoms with van der Waals surface area (Å²) in [5.74, 6) is -0.865. The van der Waals surface area contributed by atoms with E-state index in [0.717, 1.165) is 17.7 Å². The standard InChI is InChI=1S/C15H15ClN2O2/c16-13-4-1-5-14(9-13)18(11-15(19)20)8-6-12-3-2-7-17-10-12/h1-5,7,9-10H,6,8,11H2,(H,19,20). The molecule has 0 radical (unpaired) electrons. The minimum Gasteiger partial charge on any atom is -0.480 e. The molecule has 0 atom stereocenters. The van der Waals surface area contributed by atoms with Crippen LogP contribution in [-0.4, -0.2) is 29.1 Å². The van der Waals surface area contributed by atoms with Crippen molar-refractivity contribution in [3.8, 4) is 0 Å². The number of benzene rings is 1. The van der Waals surface area contributed by atoms with Gasteiger partial charge in [0.05, 0.1) is 0 Å². The Morgan fingerprint density at radius 3 is 2.80 bits per heavy atom. The molecule has 0 aliphatic carbocycles. The van der Waals surface area contributed by atoms with Gasteiger partial charge < -0.3 is 10.0 Å². The van der Waals surface area contributed by atoms with E-state index in [-0.39, 0.29) is 6.54 Å². The normalized spacial score (nSPS) is 10.2. The Balaban J connectivity index is 2.09. The molecular weight excluding hydrogens is 276 g/mol. The van der Waals surface area contributed by atoms with Gasteiger partial charge in [0.15, 0.2) is 0 Å². The second-order valence-corrected chi connectivity index (χ2v) is 4.84. The molecule has 1 aromatic heterocycles. The number of carboxylic acid groups (broad SMARTS) is 1. The van der Waals surface area contributed by atoms with Gasteiger partial charge in [-0.2, -0.15) is 0 Å². The van der Waals surface area contributed by atoms with Gasteiger partial charge in [0.25, 0.3) is 0 Å². The van der Waals surface area contributed by atoms with Crippen LogP contribution in [0.5, 0.6) is 0 Å². The van der Waals surface area contributed by atoms with Gasteiger partial charge >= 0.3 is 5.97 Å². The molecule has 2 aromatic rings.